The summed E-state index contributed by atoms with van der Waals surface area (Å²) in [6.45, 7) is 4.40. The van der Waals surface area contributed by atoms with Crippen molar-refractivity contribution in [1.29, 1.82) is 0 Å². The van der Waals surface area contributed by atoms with E-state index in [0.29, 0.717) is 38.6 Å². The standard InChI is InChI=1S/C21H31N3O3/c1-16-14-17(8-9-19(16)27-2)15-20(25)23-10-12-24(13-11-23)21(26)22-18-6-4-3-5-7-18/h8-9,14,18H,3-7,10-13,15H2,1-2H3,(H,22,26). The first-order chi connectivity index (χ1) is 13.1. The zero-order chi connectivity index (χ0) is 19.2. The van der Waals surface area contributed by atoms with Crippen molar-refractivity contribution in [3.05, 3.63) is 29.3 Å². The molecule has 3 rings (SSSR count). The molecule has 0 atom stereocenters. The third-order valence-corrected chi connectivity index (χ3v) is 5.67. The molecule has 2 aliphatic rings. The summed E-state index contributed by atoms with van der Waals surface area (Å²) >= 11 is 0. The molecule has 0 spiro atoms. The fourth-order valence-electron chi connectivity index (χ4n) is 4.01. The largest absolute Gasteiger partial charge is 0.496 e. The quantitative estimate of drug-likeness (QED) is 0.883. The van der Waals surface area contributed by atoms with E-state index >= 15 is 0 Å². The second-order valence-corrected chi connectivity index (χ2v) is 7.63. The van der Waals surface area contributed by atoms with Gasteiger partial charge in [0.15, 0.2) is 0 Å². The van der Waals surface area contributed by atoms with Crippen molar-refractivity contribution in [1.82, 2.24) is 15.1 Å². The highest BCUT2D eigenvalue weighted by Crippen LogP contribution is 2.20. The van der Waals surface area contributed by atoms with Crippen LogP contribution in [0.5, 0.6) is 5.75 Å². The molecule has 1 aliphatic heterocycles. The molecule has 0 bridgehead atoms. The third kappa shape index (κ3) is 5.15. The summed E-state index contributed by atoms with van der Waals surface area (Å²) in [4.78, 5) is 28.7. The van der Waals surface area contributed by atoms with Crippen LogP contribution in [0.25, 0.3) is 0 Å². The number of piperazine rings is 1. The summed E-state index contributed by atoms with van der Waals surface area (Å²) in [5.41, 5.74) is 2.03. The predicted octanol–water partition coefficient (Wildman–Crippen LogP) is 2.73. The Morgan fingerprint density at radius 3 is 2.37 bits per heavy atom. The predicted molar refractivity (Wildman–Crippen MR) is 105 cm³/mol. The molecule has 3 amide bonds. The Balaban J connectivity index is 1.46. The number of hydrogen-bond donors (Lipinski definition) is 1. The van der Waals surface area contributed by atoms with E-state index in [-0.39, 0.29) is 11.9 Å². The molecular formula is C21H31N3O3. The van der Waals surface area contributed by atoms with Crippen molar-refractivity contribution < 1.29 is 14.3 Å². The van der Waals surface area contributed by atoms with E-state index < -0.39 is 0 Å². The van der Waals surface area contributed by atoms with Crippen LogP contribution in [0.15, 0.2) is 18.2 Å². The number of nitrogens with one attached hydrogen (secondary N) is 1. The van der Waals surface area contributed by atoms with Crippen LogP contribution in [0.2, 0.25) is 0 Å². The molecule has 2 fully saturated rings. The smallest absolute Gasteiger partial charge is 0.317 e. The van der Waals surface area contributed by atoms with E-state index in [2.05, 4.69) is 5.32 Å². The van der Waals surface area contributed by atoms with Gasteiger partial charge in [-0.15, -0.1) is 0 Å². The molecule has 1 aromatic carbocycles. The minimum atomic E-state index is 0.0276. The van der Waals surface area contributed by atoms with Gasteiger partial charge in [0.2, 0.25) is 5.91 Å². The Labute approximate surface area is 161 Å². The number of urea groups is 1. The maximum absolute atomic E-state index is 12.6. The lowest BCUT2D eigenvalue weighted by atomic mass is 9.96. The van der Waals surface area contributed by atoms with Gasteiger partial charge in [-0.3, -0.25) is 4.79 Å². The summed E-state index contributed by atoms with van der Waals surface area (Å²) in [5, 5.41) is 3.16. The Hall–Kier alpha value is -2.24. The molecule has 1 aromatic rings. The number of hydrogen-bond acceptors (Lipinski definition) is 3. The molecule has 1 aliphatic carbocycles. The van der Waals surface area contributed by atoms with Gasteiger partial charge in [-0.2, -0.15) is 0 Å². The van der Waals surface area contributed by atoms with Crippen LogP contribution in [0.3, 0.4) is 0 Å². The summed E-state index contributed by atoms with van der Waals surface area (Å²) in [6, 6.07) is 6.21. The molecule has 27 heavy (non-hydrogen) atoms. The highest BCUT2D eigenvalue weighted by atomic mass is 16.5. The molecule has 0 radical (unpaired) electrons. The van der Waals surface area contributed by atoms with Gasteiger partial charge in [-0.1, -0.05) is 31.4 Å². The van der Waals surface area contributed by atoms with Crippen LogP contribution in [-0.4, -0.2) is 61.1 Å². The van der Waals surface area contributed by atoms with E-state index in [9.17, 15) is 9.59 Å². The molecular weight excluding hydrogens is 342 g/mol. The van der Waals surface area contributed by atoms with E-state index in [1.165, 1.54) is 19.3 Å². The van der Waals surface area contributed by atoms with Crippen LogP contribution in [0.1, 0.15) is 43.2 Å². The number of rotatable bonds is 4. The van der Waals surface area contributed by atoms with Crippen LogP contribution >= 0.6 is 0 Å². The molecule has 0 aromatic heterocycles. The number of carbonyl (C=O) groups excluding carboxylic acids is 2. The lowest BCUT2D eigenvalue weighted by Crippen LogP contribution is -2.54. The molecule has 148 valence electrons. The molecule has 6 heteroatoms. The normalized spacial score (nSPS) is 18.3. The maximum Gasteiger partial charge on any atom is 0.317 e. The molecule has 1 N–H and O–H groups in total. The van der Waals surface area contributed by atoms with Crippen LogP contribution < -0.4 is 10.1 Å². The van der Waals surface area contributed by atoms with Gasteiger partial charge in [-0.25, -0.2) is 4.79 Å². The van der Waals surface area contributed by atoms with Gasteiger partial charge in [0, 0.05) is 32.2 Å². The fraction of sp³-hybridized carbons (Fsp3) is 0.619. The average Bonchev–Trinajstić information content (AvgIpc) is 2.69. The van der Waals surface area contributed by atoms with Gasteiger partial charge in [-0.05, 0) is 37.0 Å². The Morgan fingerprint density at radius 2 is 1.74 bits per heavy atom. The van der Waals surface area contributed by atoms with E-state index in [4.69, 9.17) is 4.74 Å². The second-order valence-electron chi connectivity index (χ2n) is 7.63. The minimum absolute atomic E-state index is 0.0276. The van der Waals surface area contributed by atoms with Crippen molar-refractivity contribution in [2.75, 3.05) is 33.3 Å². The zero-order valence-corrected chi connectivity index (χ0v) is 16.5. The molecule has 1 saturated carbocycles. The first-order valence-corrected chi connectivity index (χ1v) is 10.0. The van der Waals surface area contributed by atoms with E-state index in [0.717, 1.165) is 29.7 Å². The number of aryl methyl sites for hydroxylation is 1. The van der Waals surface area contributed by atoms with Gasteiger partial charge in [0.05, 0.1) is 13.5 Å². The van der Waals surface area contributed by atoms with Gasteiger partial charge in [0.1, 0.15) is 5.75 Å². The van der Waals surface area contributed by atoms with Crippen molar-refractivity contribution in [2.45, 2.75) is 51.5 Å². The lowest BCUT2D eigenvalue weighted by molar-refractivity contribution is -0.131. The van der Waals surface area contributed by atoms with Crippen molar-refractivity contribution >= 4 is 11.9 Å². The van der Waals surface area contributed by atoms with E-state index in [1.807, 2.05) is 34.9 Å². The number of methoxy groups -OCH3 is 1. The number of ether oxygens (including phenoxy) is 1. The number of nitrogens with zero attached hydrogens (tertiary/aromatic N) is 2. The van der Waals surface area contributed by atoms with Crippen molar-refractivity contribution in [2.24, 2.45) is 0 Å². The Morgan fingerprint density at radius 1 is 1.07 bits per heavy atom. The second kappa shape index (κ2) is 9.11. The van der Waals surface area contributed by atoms with Gasteiger partial charge >= 0.3 is 6.03 Å². The molecule has 6 nitrogen and oxygen atoms in total. The first kappa shape index (κ1) is 19.5. The van der Waals surface area contributed by atoms with Gasteiger partial charge < -0.3 is 19.9 Å². The monoisotopic (exact) mass is 373 g/mol. The lowest BCUT2D eigenvalue weighted by Gasteiger charge is -2.36. The van der Waals surface area contributed by atoms with Crippen molar-refractivity contribution in [3.63, 3.8) is 0 Å². The summed E-state index contributed by atoms with van der Waals surface area (Å²) in [7, 11) is 1.65. The number of carbonyl (C=O) groups is 2. The van der Waals surface area contributed by atoms with Crippen molar-refractivity contribution in [3.8, 4) is 5.75 Å². The van der Waals surface area contributed by atoms with Gasteiger partial charge in [0.25, 0.3) is 0 Å². The fourth-order valence-corrected chi connectivity index (χ4v) is 4.01. The summed E-state index contributed by atoms with van der Waals surface area (Å²) < 4.78 is 5.27. The highest BCUT2D eigenvalue weighted by molar-refractivity contribution is 5.80. The average molecular weight is 373 g/mol. The Kier molecular flexibility index (Phi) is 6.58. The number of amides is 3. The molecule has 0 unspecified atom stereocenters. The van der Waals surface area contributed by atoms with Crippen LogP contribution in [0, 0.1) is 6.92 Å². The van der Waals surface area contributed by atoms with Crippen LogP contribution in [0.4, 0.5) is 4.79 Å². The summed E-state index contributed by atoms with van der Waals surface area (Å²) in [6.07, 6.45) is 6.26. The molecule has 1 saturated heterocycles. The Bertz CT molecular complexity index is 663. The van der Waals surface area contributed by atoms with E-state index in [1.54, 1.807) is 7.11 Å². The number of benzene rings is 1. The summed E-state index contributed by atoms with van der Waals surface area (Å²) in [5.74, 6) is 0.954. The maximum atomic E-state index is 12.6. The SMILES string of the molecule is COc1ccc(CC(=O)N2CCN(C(=O)NC3CCCCC3)CC2)cc1C. The third-order valence-electron chi connectivity index (χ3n) is 5.67. The van der Waals surface area contributed by atoms with Crippen LogP contribution in [-0.2, 0) is 11.2 Å². The first-order valence-electron chi connectivity index (χ1n) is 10.0. The topological polar surface area (TPSA) is 61.9 Å². The minimum Gasteiger partial charge on any atom is -0.496 e. The highest BCUT2D eigenvalue weighted by Gasteiger charge is 2.26. The molecule has 1 heterocycles. The zero-order valence-electron chi connectivity index (χ0n) is 16.5.